The second kappa shape index (κ2) is 12.4. The van der Waals surface area contributed by atoms with E-state index in [0.717, 1.165) is 42.9 Å². The van der Waals surface area contributed by atoms with Crippen LogP contribution in [0.5, 0.6) is 0 Å². The van der Waals surface area contributed by atoms with Gasteiger partial charge in [0, 0.05) is 51.3 Å². The number of hydrogen-bond acceptors (Lipinski definition) is 7. The third kappa shape index (κ3) is 7.24. The smallest absolute Gasteiger partial charge is 0.251 e. The van der Waals surface area contributed by atoms with Gasteiger partial charge in [0.05, 0.1) is 12.9 Å². The van der Waals surface area contributed by atoms with Crippen LogP contribution in [0.3, 0.4) is 0 Å². The number of aromatic nitrogens is 1. The molecule has 38 heavy (non-hydrogen) atoms. The molecule has 1 aromatic carbocycles. The molecule has 2 aliphatic rings. The van der Waals surface area contributed by atoms with Crippen molar-refractivity contribution in [2.45, 2.75) is 38.1 Å². The molecule has 2 aromatic rings. The summed E-state index contributed by atoms with van der Waals surface area (Å²) in [7, 11) is -0.445. The predicted octanol–water partition coefficient (Wildman–Crippen LogP) is 2.85. The van der Waals surface area contributed by atoms with Gasteiger partial charge in [-0.2, -0.15) is 0 Å². The van der Waals surface area contributed by atoms with E-state index in [2.05, 4.69) is 51.7 Å². The third-order valence-electron chi connectivity index (χ3n) is 7.80. The van der Waals surface area contributed by atoms with Gasteiger partial charge in [-0.1, -0.05) is 37.3 Å². The summed E-state index contributed by atoms with van der Waals surface area (Å²) in [5.74, 6) is 2.06. The molecular weight excluding hydrogens is 502 g/mol. The van der Waals surface area contributed by atoms with Crippen LogP contribution in [0.15, 0.2) is 42.5 Å². The highest BCUT2D eigenvalue weighted by Gasteiger charge is 2.34. The Balaban J connectivity index is 1.57. The Morgan fingerprint density at radius 3 is 2.58 bits per heavy atom. The molecule has 1 aliphatic heterocycles. The van der Waals surface area contributed by atoms with E-state index >= 15 is 0 Å². The zero-order chi connectivity index (χ0) is 27.3. The molecule has 0 unspecified atom stereocenters. The van der Waals surface area contributed by atoms with E-state index < -0.39 is 10.0 Å². The maximum Gasteiger partial charge on any atom is 0.251 e. The van der Waals surface area contributed by atoms with Crippen LogP contribution in [0.2, 0.25) is 0 Å². The van der Waals surface area contributed by atoms with Crippen LogP contribution in [0, 0.1) is 11.8 Å². The average molecular weight is 544 g/mol. The Hall–Kier alpha value is -2.69. The second-order valence-electron chi connectivity index (χ2n) is 10.6. The standard InChI is InChI=1S/C28H41N5O4S/c1-20-15-23(20)19-33(13-14-37-3)27-17-22(16-26(31-27)32(2)38(4,35)36)28(34)30-18-25-24(11-8-12-29-25)21-9-6-5-7-10-21/h5-7,9-10,16-17,20,23-25,29H,8,11-15,18-19H2,1-4H3,(H,30,34)/t20-,23+,24-,25+/m0/s1. The Morgan fingerprint density at radius 2 is 1.92 bits per heavy atom. The first-order valence-corrected chi connectivity index (χ1v) is 15.3. The molecule has 0 radical (unpaired) electrons. The van der Waals surface area contributed by atoms with Crippen molar-refractivity contribution in [1.29, 1.82) is 0 Å². The van der Waals surface area contributed by atoms with Crippen LogP contribution in [0.25, 0.3) is 0 Å². The third-order valence-corrected chi connectivity index (χ3v) is 8.98. The molecule has 208 valence electrons. The monoisotopic (exact) mass is 543 g/mol. The summed E-state index contributed by atoms with van der Waals surface area (Å²) in [4.78, 5) is 20.2. The molecule has 2 N–H and O–H groups in total. The first-order chi connectivity index (χ1) is 18.2. The summed E-state index contributed by atoms with van der Waals surface area (Å²) < 4.78 is 31.1. The van der Waals surface area contributed by atoms with Gasteiger partial charge in [0.2, 0.25) is 10.0 Å². The highest BCUT2D eigenvalue weighted by atomic mass is 32.2. The summed E-state index contributed by atoms with van der Waals surface area (Å²) in [5.41, 5.74) is 1.66. The second-order valence-corrected chi connectivity index (χ2v) is 12.7. The summed E-state index contributed by atoms with van der Waals surface area (Å²) in [6, 6.07) is 13.8. The van der Waals surface area contributed by atoms with E-state index in [1.54, 1.807) is 19.2 Å². The van der Waals surface area contributed by atoms with Crippen LogP contribution in [-0.4, -0.2) is 78.5 Å². The van der Waals surface area contributed by atoms with Crippen LogP contribution in [0.1, 0.15) is 48.0 Å². The number of carbonyl (C=O) groups is 1. The van der Waals surface area contributed by atoms with Crippen molar-refractivity contribution in [3.05, 3.63) is 53.6 Å². The minimum Gasteiger partial charge on any atom is -0.383 e. The normalized spacial score (nSPS) is 23.1. The number of nitrogens with zero attached hydrogens (tertiary/aromatic N) is 3. The molecular formula is C28H41N5O4S. The van der Waals surface area contributed by atoms with Crippen molar-refractivity contribution >= 4 is 27.6 Å². The number of ether oxygens (including phenoxy) is 1. The fourth-order valence-electron chi connectivity index (χ4n) is 5.13. The lowest BCUT2D eigenvalue weighted by atomic mass is 9.84. The van der Waals surface area contributed by atoms with Crippen molar-refractivity contribution in [2.24, 2.45) is 11.8 Å². The molecule has 2 heterocycles. The molecule has 4 rings (SSSR count). The van der Waals surface area contributed by atoms with E-state index in [-0.39, 0.29) is 17.8 Å². The number of amides is 1. The number of nitrogens with one attached hydrogen (secondary N) is 2. The lowest BCUT2D eigenvalue weighted by molar-refractivity contribution is 0.0946. The van der Waals surface area contributed by atoms with E-state index in [4.69, 9.17) is 4.74 Å². The van der Waals surface area contributed by atoms with Crippen molar-refractivity contribution in [3.63, 3.8) is 0 Å². The van der Waals surface area contributed by atoms with Crippen LogP contribution >= 0.6 is 0 Å². The molecule has 1 aliphatic carbocycles. The number of pyridine rings is 1. The molecule has 1 aromatic heterocycles. The van der Waals surface area contributed by atoms with Gasteiger partial charge in [0.15, 0.2) is 0 Å². The van der Waals surface area contributed by atoms with Gasteiger partial charge in [0.1, 0.15) is 11.6 Å². The van der Waals surface area contributed by atoms with Gasteiger partial charge >= 0.3 is 0 Å². The number of benzene rings is 1. The summed E-state index contributed by atoms with van der Waals surface area (Å²) in [5, 5.41) is 6.68. The molecule has 1 amide bonds. The highest BCUT2D eigenvalue weighted by Crippen LogP contribution is 2.39. The largest absolute Gasteiger partial charge is 0.383 e. The van der Waals surface area contributed by atoms with Crippen LogP contribution in [0.4, 0.5) is 11.6 Å². The first kappa shape index (κ1) is 28.3. The van der Waals surface area contributed by atoms with Gasteiger partial charge in [-0.3, -0.25) is 9.10 Å². The maximum absolute atomic E-state index is 13.5. The summed E-state index contributed by atoms with van der Waals surface area (Å²) in [6.07, 6.45) is 4.44. The molecule has 1 saturated carbocycles. The van der Waals surface area contributed by atoms with Gasteiger partial charge in [-0.25, -0.2) is 13.4 Å². The van der Waals surface area contributed by atoms with E-state index in [1.807, 2.05) is 6.07 Å². The highest BCUT2D eigenvalue weighted by molar-refractivity contribution is 7.92. The fourth-order valence-corrected chi connectivity index (χ4v) is 5.57. The minimum atomic E-state index is -3.56. The zero-order valence-corrected chi connectivity index (χ0v) is 23.7. The van der Waals surface area contributed by atoms with Gasteiger partial charge in [0.25, 0.3) is 5.91 Å². The molecule has 0 spiro atoms. The summed E-state index contributed by atoms with van der Waals surface area (Å²) >= 11 is 0. The Morgan fingerprint density at radius 1 is 1.21 bits per heavy atom. The van der Waals surface area contributed by atoms with E-state index in [9.17, 15) is 13.2 Å². The molecule has 2 fully saturated rings. The zero-order valence-electron chi connectivity index (χ0n) is 22.9. The Labute approximate surface area is 227 Å². The number of rotatable bonds is 12. The molecule has 4 atom stereocenters. The number of methoxy groups -OCH3 is 1. The quantitative estimate of drug-likeness (QED) is 0.424. The fraction of sp³-hybridized carbons (Fsp3) is 0.571. The summed E-state index contributed by atoms with van der Waals surface area (Å²) in [6.45, 7) is 5.51. The number of anilines is 2. The van der Waals surface area contributed by atoms with E-state index in [1.165, 1.54) is 12.6 Å². The predicted molar refractivity (Wildman–Crippen MR) is 151 cm³/mol. The number of carbonyl (C=O) groups excluding carboxylic acids is 1. The molecule has 10 heteroatoms. The van der Waals surface area contributed by atoms with Gasteiger partial charge in [-0.15, -0.1) is 0 Å². The van der Waals surface area contributed by atoms with Crippen LogP contribution in [-0.2, 0) is 14.8 Å². The lowest BCUT2D eigenvalue weighted by Gasteiger charge is -2.33. The first-order valence-electron chi connectivity index (χ1n) is 13.4. The van der Waals surface area contributed by atoms with Crippen molar-refractivity contribution in [2.75, 3.05) is 62.4 Å². The topological polar surface area (TPSA) is 104 Å². The number of hydrogen-bond donors (Lipinski definition) is 2. The molecule has 9 nitrogen and oxygen atoms in total. The lowest BCUT2D eigenvalue weighted by Crippen LogP contribution is -2.47. The van der Waals surface area contributed by atoms with Crippen molar-refractivity contribution in [3.8, 4) is 0 Å². The average Bonchev–Trinajstić information content (AvgIpc) is 3.63. The molecule has 0 bridgehead atoms. The van der Waals surface area contributed by atoms with Crippen molar-refractivity contribution < 1.29 is 17.9 Å². The Kier molecular flexibility index (Phi) is 9.27. The van der Waals surface area contributed by atoms with Crippen LogP contribution < -0.4 is 19.8 Å². The molecule has 1 saturated heterocycles. The maximum atomic E-state index is 13.5. The van der Waals surface area contributed by atoms with Gasteiger partial charge < -0.3 is 20.3 Å². The van der Waals surface area contributed by atoms with Crippen molar-refractivity contribution in [1.82, 2.24) is 15.6 Å². The number of sulfonamides is 1. The van der Waals surface area contributed by atoms with E-state index in [0.29, 0.717) is 48.8 Å². The minimum absolute atomic E-state index is 0.115. The number of piperidine rings is 1. The SMILES string of the molecule is COCCN(C[C@H]1C[C@@H]1C)c1cc(C(=O)NC[C@H]2NCCC[C@H]2c2ccccc2)cc(N(C)S(C)(=O)=O)n1. The van der Waals surface area contributed by atoms with Gasteiger partial charge in [-0.05, 0) is 55.3 Å². The Bertz CT molecular complexity index is 1190.